The molecule has 1 N–H and O–H groups in total. The monoisotopic (exact) mass is 357 g/mol. The number of fused-ring (bicyclic) bond motifs is 2. The van der Waals surface area contributed by atoms with Crippen molar-refractivity contribution in [2.24, 2.45) is 11.8 Å². The summed E-state index contributed by atoms with van der Waals surface area (Å²) in [5.74, 6) is 1.91. The predicted molar refractivity (Wildman–Crippen MR) is 105 cm³/mol. The topological polar surface area (TPSA) is 35.6 Å². The van der Waals surface area contributed by atoms with Crippen molar-refractivity contribution in [1.29, 1.82) is 0 Å². The van der Waals surface area contributed by atoms with E-state index in [1.807, 2.05) is 12.1 Å². The largest absolute Gasteiger partial charge is 0.368 e. The third-order valence-electron chi connectivity index (χ3n) is 6.25. The van der Waals surface area contributed by atoms with E-state index in [-0.39, 0.29) is 5.78 Å². The van der Waals surface area contributed by atoms with Gasteiger partial charge in [-0.2, -0.15) is 0 Å². The molecule has 4 rings (SSSR count). The van der Waals surface area contributed by atoms with Crippen molar-refractivity contribution in [1.82, 2.24) is 10.2 Å². The molecule has 0 unspecified atom stereocenters. The first-order valence-corrected chi connectivity index (χ1v) is 9.92. The molecule has 0 spiro atoms. The van der Waals surface area contributed by atoms with E-state index in [4.69, 9.17) is 12.2 Å². The van der Waals surface area contributed by atoms with Crippen LogP contribution < -0.4 is 10.2 Å². The molecule has 2 aliphatic carbocycles. The van der Waals surface area contributed by atoms with Crippen LogP contribution in [0, 0.1) is 11.8 Å². The predicted octanol–water partition coefficient (Wildman–Crippen LogP) is 3.07. The second-order valence-corrected chi connectivity index (χ2v) is 8.19. The minimum Gasteiger partial charge on any atom is -0.368 e. The number of ketones is 1. The summed E-state index contributed by atoms with van der Waals surface area (Å²) in [6.07, 6.45) is 5.53. The number of hydrogen-bond donors (Lipinski definition) is 1. The lowest BCUT2D eigenvalue weighted by molar-refractivity contribution is 0.101. The maximum absolute atomic E-state index is 11.4. The molecule has 2 bridgehead atoms. The van der Waals surface area contributed by atoms with Crippen molar-refractivity contribution in [2.75, 3.05) is 31.1 Å². The zero-order chi connectivity index (χ0) is 17.4. The number of nitrogens with one attached hydrogen (secondary N) is 1. The minimum absolute atomic E-state index is 0.119. The highest BCUT2D eigenvalue weighted by molar-refractivity contribution is 7.80. The van der Waals surface area contributed by atoms with Crippen LogP contribution in [0.15, 0.2) is 24.3 Å². The van der Waals surface area contributed by atoms with Crippen molar-refractivity contribution in [3.05, 3.63) is 29.8 Å². The zero-order valence-corrected chi connectivity index (χ0v) is 15.7. The summed E-state index contributed by atoms with van der Waals surface area (Å²) in [6, 6.07) is 8.57. The van der Waals surface area contributed by atoms with Crippen LogP contribution in [-0.4, -0.2) is 48.0 Å². The second kappa shape index (κ2) is 6.94. The average Bonchev–Trinajstić information content (AvgIpc) is 3.25. The van der Waals surface area contributed by atoms with Gasteiger partial charge in [-0.25, -0.2) is 0 Å². The summed E-state index contributed by atoms with van der Waals surface area (Å²) in [7, 11) is 0. The van der Waals surface area contributed by atoms with E-state index in [1.54, 1.807) is 6.92 Å². The van der Waals surface area contributed by atoms with E-state index in [0.29, 0.717) is 6.04 Å². The number of hydrogen-bond acceptors (Lipinski definition) is 3. The Bertz CT molecular complexity index is 651. The van der Waals surface area contributed by atoms with Gasteiger partial charge in [0.2, 0.25) is 0 Å². The van der Waals surface area contributed by atoms with Crippen molar-refractivity contribution < 1.29 is 4.79 Å². The highest BCUT2D eigenvalue weighted by Crippen LogP contribution is 2.44. The van der Waals surface area contributed by atoms with E-state index in [0.717, 1.165) is 48.7 Å². The van der Waals surface area contributed by atoms with Gasteiger partial charge in [0.15, 0.2) is 10.9 Å². The molecule has 0 radical (unpaired) electrons. The van der Waals surface area contributed by atoms with E-state index in [1.165, 1.54) is 31.4 Å². The fourth-order valence-corrected chi connectivity index (χ4v) is 5.08. The van der Waals surface area contributed by atoms with Crippen molar-refractivity contribution >= 4 is 28.8 Å². The first-order valence-electron chi connectivity index (χ1n) is 9.51. The van der Waals surface area contributed by atoms with Gasteiger partial charge in [-0.15, -0.1) is 0 Å². The van der Waals surface area contributed by atoms with Gasteiger partial charge in [0.05, 0.1) is 0 Å². The molecule has 5 heteroatoms. The normalized spacial score (nSPS) is 28.3. The number of carbonyl (C=O) groups excluding carboxylic acids is 1. The fourth-order valence-electron chi connectivity index (χ4n) is 4.75. The van der Waals surface area contributed by atoms with Gasteiger partial charge in [-0.1, -0.05) is 6.42 Å². The summed E-state index contributed by atoms with van der Waals surface area (Å²) in [6.45, 7) is 5.47. The molecule has 134 valence electrons. The van der Waals surface area contributed by atoms with Crippen LogP contribution in [-0.2, 0) is 0 Å². The van der Waals surface area contributed by atoms with Crippen molar-refractivity contribution in [3.63, 3.8) is 0 Å². The van der Waals surface area contributed by atoms with E-state index in [2.05, 4.69) is 27.2 Å². The maximum Gasteiger partial charge on any atom is 0.169 e. The van der Waals surface area contributed by atoms with Crippen molar-refractivity contribution in [3.8, 4) is 0 Å². The molecule has 3 atom stereocenters. The Morgan fingerprint density at radius 1 is 1.08 bits per heavy atom. The Balaban J connectivity index is 1.29. The molecular weight excluding hydrogens is 330 g/mol. The Labute approximate surface area is 155 Å². The highest BCUT2D eigenvalue weighted by atomic mass is 32.1. The van der Waals surface area contributed by atoms with Gasteiger partial charge < -0.3 is 15.1 Å². The van der Waals surface area contributed by atoms with E-state index < -0.39 is 0 Å². The molecule has 3 aliphatic rings. The third kappa shape index (κ3) is 3.52. The summed E-state index contributed by atoms with van der Waals surface area (Å²) in [5.41, 5.74) is 1.97. The first-order chi connectivity index (χ1) is 12.1. The van der Waals surface area contributed by atoms with Crippen LogP contribution >= 0.6 is 12.2 Å². The molecule has 1 aromatic carbocycles. The quantitative estimate of drug-likeness (QED) is 0.664. The van der Waals surface area contributed by atoms with Gasteiger partial charge in [-0.05, 0) is 74.5 Å². The van der Waals surface area contributed by atoms with E-state index in [9.17, 15) is 4.79 Å². The molecule has 4 nitrogen and oxygen atoms in total. The van der Waals surface area contributed by atoms with Gasteiger partial charge in [0.25, 0.3) is 0 Å². The van der Waals surface area contributed by atoms with Gasteiger partial charge in [0.1, 0.15) is 0 Å². The van der Waals surface area contributed by atoms with Gasteiger partial charge in [0, 0.05) is 43.5 Å². The number of anilines is 1. The van der Waals surface area contributed by atoms with Crippen LogP contribution in [0.4, 0.5) is 5.69 Å². The Hall–Kier alpha value is -1.62. The molecule has 1 aromatic rings. The van der Waals surface area contributed by atoms with E-state index >= 15 is 0 Å². The lowest BCUT2D eigenvalue weighted by Gasteiger charge is -2.38. The number of piperazine rings is 1. The van der Waals surface area contributed by atoms with Gasteiger partial charge >= 0.3 is 0 Å². The third-order valence-corrected chi connectivity index (χ3v) is 6.63. The SMILES string of the molecule is CC(=O)c1ccc(N2CCN(C(=S)N[C@@H]3C[C@@H]4CC[C@@H]3C4)CC2)cc1. The number of benzene rings is 1. The minimum atomic E-state index is 0.119. The number of nitrogens with zero attached hydrogens (tertiary/aromatic N) is 2. The molecule has 2 saturated carbocycles. The highest BCUT2D eigenvalue weighted by Gasteiger charge is 2.40. The molecule has 0 amide bonds. The summed E-state index contributed by atoms with van der Waals surface area (Å²) in [4.78, 5) is 16.1. The van der Waals surface area contributed by atoms with Crippen LogP contribution in [0.5, 0.6) is 0 Å². The number of Topliss-reactive ketones (excluding diaryl/α,β-unsaturated/α-hetero) is 1. The van der Waals surface area contributed by atoms with Crippen LogP contribution in [0.3, 0.4) is 0 Å². The number of carbonyl (C=O) groups is 1. The molecule has 25 heavy (non-hydrogen) atoms. The van der Waals surface area contributed by atoms with Crippen LogP contribution in [0.2, 0.25) is 0 Å². The zero-order valence-electron chi connectivity index (χ0n) is 14.9. The smallest absolute Gasteiger partial charge is 0.169 e. The summed E-state index contributed by atoms with van der Waals surface area (Å²) in [5, 5.41) is 4.60. The molecular formula is C20H27N3OS. The average molecular weight is 358 g/mol. The molecule has 1 heterocycles. The van der Waals surface area contributed by atoms with Crippen LogP contribution in [0.1, 0.15) is 43.0 Å². The Morgan fingerprint density at radius 2 is 1.80 bits per heavy atom. The van der Waals surface area contributed by atoms with Crippen LogP contribution in [0.25, 0.3) is 0 Å². The first kappa shape index (κ1) is 16.8. The lowest BCUT2D eigenvalue weighted by Crippen LogP contribution is -2.54. The molecule has 0 aromatic heterocycles. The molecule has 3 fully saturated rings. The van der Waals surface area contributed by atoms with Crippen molar-refractivity contribution in [2.45, 2.75) is 38.6 Å². The number of rotatable bonds is 3. The summed E-state index contributed by atoms with van der Waals surface area (Å²) < 4.78 is 0. The number of thiocarbonyl (C=S) groups is 1. The Kier molecular flexibility index (Phi) is 4.67. The fraction of sp³-hybridized carbons (Fsp3) is 0.600. The lowest BCUT2D eigenvalue weighted by atomic mass is 9.95. The molecule has 1 aliphatic heterocycles. The van der Waals surface area contributed by atoms with Gasteiger partial charge in [-0.3, -0.25) is 4.79 Å². The maximum atomic E-state index is 11.4. The Morgan fingerprint density at radius 3 is 2.36 bits per heavy atom. The second-order valence-electron chi connectivity index (χ2n) is 7.81. The molecule has 1 saturated heterocycles. The standard InChI is InChI=1S/C20H27N3OS/c1-14(24)16-4-6-18(7-5-16)22-8-10-23(11-9-22)20(25)21-19-13-15-2-3-17(19)12-15/h4-7,15,17,19H,2-3,8-13H2,1H3,(H,21,25)/t15-,17-,19-/m1/s1. The summed E-state index contributed by atoms with van der Waals surface area (Å²) >= 11 is 5.69.